The fraction of sp³-hybridized carbons (Fsp3) is 0.333. The fourth-order valence-corrected chi connectivity index (χ4v) is 2.54. The second-order valence-electron chi connectivity index (χ2n) is 4.06. The molecule has 0 fully saturated rings. The van der Waals surface area contributed by atoms with Gasteiger partial charge in [0.25, 0.3) is 0 Å². The van der Waals surface area contributed by atoms with Gasteiger partial charge >= 0.3 is 0 Å². The molecule has 0 heterocycles. The monoisotopic (exact) mass is 282 g/mol. The van der Waals surface area contributed by atoms with Crippen molar-refractivity contribution >= 4 is 27.5 Å². The molecule has 84 valence electrons. The molecule has 1 N–H and O–H groups in total. The standard InChI is InChI=1S/C12H11BrO3/c1-6(14)7-4-8-9(13)2-3-10(15)12(8)11(16)5-7/h2-3,7,15H,4-5H2,1H3/t7-/m1/s1. The van der Waals surface area contributed by atoms with Crippen LogP contribution < -0.4 is 0 Å². The minimum atomic E-state index is -0.252. The predicted molar refractivity (Wildman–Crippen MR) is 62.6 cm³/mol. The summed E-state index contributed by atoms with van der Waals surface area (Å²) in [6.07, 6.45) is 0.720. The van der Waals surface area contributed by atoms with Gasteiger partial charge in [-0.3, -0.25) is 9.59 Å². The maximum atomic E-state index is 11.8. The normalized spacial score (nSPS) is 19.4. The number of halogens is 1. The first-order valence-corrected chi connectivity index (χ1v) is 5.84. The Kier molecular flexibility index (Phi) is 2.84. The lowest BCUT2D eigenvalue weighted by atomic mass is 9.81. The van der Waals surface area contributed by atoms with Crippen LogP contribution in [0.15, 0.2) is 16.6 Å². The van der Waals surface area contributed by atoms with Crippen molar-refractivity contribution in [1.82, 2.24) is 0 Å². The number of hydrogen-bond acceptors (Lipinski definition) is 3. The molecule has 1 aliphatic carbocycles. The van der Waals surface area contributed by atoms with E-state index in [0.717, 1.165) is 10.0 Å². The summed E-state index contributed by atoms with van der Waals surface area (Å²) in [5.74, 6) is -0.377. The molecule has 1 aliphatic rings. The summed E-state index contributed by atoms with van der Waals surface area (Å²) < 4.78 is 0.777. The summed E-state index contributed by atoms with van der Waals surface area (Å²) in [5.41, 5.74) is 1.11. The third-order valence-electron chi connectivity index (χ3n) is 2.97. The summed E-state index contributed by atoms with van der Waals surface area (Å²) in [4.78, 5) is 23.2. The average Bonchev–Trinajstić information content (AvgIpc) is 2.22. The zero-order valence-electron chi connectivity index (χ0n) is 8.79. The fourth-order valence-electron chi connectivity index (χ4n) is 2.05. The van der Waals surface area contributed by atoms with Crippen molar-refractivity contribution in [2.45, 2.75) is 19.8 Å². The van der Waals surface area contributed by atoms with Crippen molar-refractivity contribution < 1.29 is 14.7 Å². The Labute approximate surface area is 102 Å². The smallest absolute Gasteiger partial charge is 0.167 e. The van der Waals surface area contributed by atoms with Crippen molar-refractivity contribution in [3.8, 4) is 5.75 Å². The third-order valence-corrected chi connectivity index (χ3v) is 3.71. The van der Waals surface area contributed by atoms with E-state index in [2.05, 4.69) is 15.9 Å². The van der Waals surface area contributed by atoms with Crippen molar-refractivity contribution in [2.75, 3.05) is 0 Å². The molecule has 1 atom stereocenters. The lowest BCUT2D eigenvalue weighted by molar-refractivity contribution is -0.120. The van der Waals surface area contributed by atoms with Gasteiger partial charge in [-0.15, -0.1) is 0 Å². The molecule has 0 amide bonds. The highest BCUT2D eigenvalue weighted by atomic mass is 79.9. The minimum Gasteiger partial charge on any atom is -0.507 e. The van der Waals surface area contributed by atoms with Gasteiger partial charge in [-0.2, -0.15) is 0 Å². The van der Waals surface area contributed by atoms with Crippen molar-refractivity contribution in [3.05, 3.63) is 27.7 Å². The molecule has 0 bridgehead atoms. The summed E-state index contributed by atoms with van der Waals surface area (Å²) in [5, 5.41) is 9.65. The average molecular weight is 283 g/mol. The number of Topliss-reactive ketones (excluding diaryl/α,β-unsaturated/α-hetero) is 2. The topological polar surface area (TPSA) is 54.4 Å². The summed E-state index contributed by atoms with van der Waals surface area (Å²) >= 11 is 3.35. The molecule has 0 saturated heterocycles. The molecule has 0 aliphatic heterocycles. The molecule has 4 heteroatoms. The van der Waals surface area contributed by atoms with Crippen LogP contribution in [0.2, 0.25) is 0 Å². The van der Waals surface area contributed by atoms with Crippen LogP contribution in [0.25, 0.3) is 0 Å². The lowest BCUT2D eigenvalue weighted by Crippen LogP contribution is -2.25. The third kappa shape index (κ3) is 1.78. The second kappa shape index (κ2) is 4.01. The van der Waals surface area contributed by atoms with Crippen LogP contribution in [-0.4, -0.2) is 16.7 Å². The van der Waals surface area contributed by atoms with Crippen molar-refractivity contribution in [1.29, 1.82) is 0 Å². The molecule has 1 aromatic carbocycles. The van der Waals surface area contributed by atoms with Crippen molar-refractivity contribution in [2.24, 2.45) is 5.92 Å². The van der Waals surface area contributed by atoms with Gasteiger partial charge < -0.3 is 5.11 Å². The molecule has 0 saturated carbocycles. The SMILES string of the molecule is CC(=O)[C@H]1CC(=O)c2c(O)ccc(Br)c2C1. The number of rotatable bonds is 1. The highest BCUT2D eigenvalue weighted by Gasteiger charge is 2.31. The van der Waals surface area contributed by atoms with E-state index < -0.39 is 0 Å². The Balaban J connectivity index is 2.54. The van der Waals surface area contributed by atoms with E-state index >= 15 is 0 Å². The Morgan fingerprint density at radius 3 is 2.75 bits per heavy atom. The summed E-state index contributed by atoms with van der Waals surface area (Å²) in [7, 11) is 0. The lowest BCUT2D eigenvalue weighted by Gasteiger charge is -2.23. The first kappa shape index (κ1) is 11.3. The number of carbonyl (C=O) groups is 2. The maximum absolute atomic E-state index is 11.8. The van der Waals surface area contributed by atoms with Gasteiger partial charge in [-0.1, -0.05) is 15.9 Å². The van der Waals surface area contributed by atoms with Crippen LogP contribution in [0.1, 0.15) is 29.3 Å². The molecule has 2 rings (SSSR count). The minimum absolute atomic E-state index is 0.00482. The molecule has 0 radical (unpaired) electrons. The Hall–Kier alpha value is -1.16. The van der Waals surface area contributed by atoms with Gasteiger partial charge in [0.05, 0.1) is 5.56 Å². The van der Waals surface area contributed by atoms with Crippen LogP contribution >= 0.6 is 15.9 Å². The quantitative estimate of drug-likeness (QED) is 0.861. The number of carbonyl (C=O) groups excluding carboxylic acids is 2. The van der Waals surface area contributed by atoms with Crippen LogP contribution in [0.3, 0.4) is 0 Å². The van der Waals surface area contributed by atoms with E-state index in [-0.39, 0.29) is 29.7 Å². The zero-order valence-corrected chi connectivity index (χ0v) is 10.4. The highest BCUT2D eigenvalue weighted by molar-refractivity contribution is 9.10. The van der Waals surface area contributed by atoms with E-state index in [1.807, 2.05) is 0 Å². The Morgan fingerprint density at radius 2 is 2.12 bits per heavy atom. The predicted octanol–water partition coefficient (Wildman–Crippen LogP) is 2.49. The first-order valence-electron chi connectivity index (χ1n) is 5.04. The number of benzene rings is 1. The second-order valence-corrected chi connectivity index (χ2v) is 4.91. The largest absolute Gasteiger partial charge is 0.507 e. The number of phenolic OH excluding ortho intramolecular Hbond substituents is 1. The molecular weight excluding hydrogens is 272 g/mol. The molecule has 16 heavy (non-hydrogen) atoms. The van der Waals surface area contributed by atoms with E-state index in [4.69, 9.17) is 0 Å². The summed E-state index contributed by atoms with van der Waals surface area (Å²) in [6.45, 7) is 1.50. The molecule has 0 spiro atoms. The van der Waals surface area contributed by atoms with Crippen molar-refractivity contribution in [3.63, 3.8) is 0 Å². The van der Waals surface area contributed by atoms with Gasteiger partial charge in [0.2, 0.25) is 0 Å². The summed E-state index contributed by atoms with van der Waals surface area (Å²) in [6, 6.07) is 3.19. The zero-order chi connectivity index (χ0) is 11.9. The number of ketones is 2. The van der Waals surface area contributed by atoms with E-state index in [1.165, 1.54) is 13.0 Å². The van der Waals surface area contributed by atoms with E-state index in [1.54, 1.807) is 6.07 Å². The Bertz CT molecular complexity index is 479. The molecule has 1 aromatic rings. The van der Waals surface area contributed by atoms with Crippen LogP contribution in [-0.2, 0) is 11.2 Å². The van der Waals surface area contributed by atoms with E-state index in [0.29, 0.717) is 12.0 Å². The molecule has 0 aromatic heterocycles. The van der Waals surface area contributed by atoms with Gasteiger partial charge in [0.1, 0.15) is 11.5 Å². The van der Waals surface area contributed by atoms with Gasteiger partial charge in [-0.25, -0.2) is 0 Å². The molecule has 3 nitrogen and oxygen atoms in total. The van der Waals surface area contributed by atoms with Gasteiger partial charge in [-0.05, 0) is 31.0 Å². The van der Waals surface area contributed by atoms with Crippen LogP contribution in [0.4, 0.5) is 0 Å². The van der Waals surface area contributed by atoms with Gasteiger partial charge in [0, 0.05) is 16.8 Å². The molecule has 0 unspecified atom stereocenters. The number of fused-ring (bicyclic) bond motifs is 1. The number of phenols is 1. The molecular formula is C12H11BrO3. The van der Waals surface area contributed by atoms with Crippen LogP contribution in [0, 0.1) is 5.92 Å². The maximum Gasteiger partial charge on any atom is 0.167 e. The van der Waals surface area contributed by atoms with E-state index in [9.17, 15) is 14.7 Å². The van der Waals surface area contributed by atoms with Crippen LogP contribution in [0.5, 0.6) is 5.75 Å². The Morgan fingerprint density at radius 1 is 1.44 bits per heavy atom. The van der Waals surface area contributed by atoms with Gasteiger partial charge in [0.15, 0.2) is 5.78 Å². The highest BCUT2D eigenvalue weighted by Crippen LogP contribution is 2.36. The number of aromatic hydroxyl groups is 1. The first-order chi connectivity index (χ1) is 7.50. The number of hydrogen-bond donors (Lipinski definition) is 1.